The molecule has 0 saturated carbocycles. The van der Waals surface area contributed by atoms with E-state index >= 15 is 0 Å². The summed E-state index contributed by atoms with van der Waals surface area (Å²) in [5.74, 6) is 1.40. The van der Waals surface area contributed by atoms with Crippen LogP contribution in [-0.4, -0.2) is 17.1 Å². The SMILES string of the molecule is COCc1nc(Cl)cc(Oc2cccc(Cl)c2)n1. The Kier molecular flexibility index (Phi) is 4.36. The van der Waals surface area contributed by atoms with Crippen LogP contribution in [0.3, 0.4) is 0 Å². The topological polar surface area (TPSA) is 44.2 Å². The van der Waals surface area contributed by atoms with Crippen LogP contribution in [0.15, 0.2) is 30.3 Å². The molecule has 4 nitrogen and oxygen atoms in total. The van der Waals surface area contributed by atoms with Crippen LogP contribution in [0.25, 0.3) is 0 Å². The number of aromatic nitrogens is 2. The predicted molar refractivity (Wildman–Crippen MR) is 69.3 cm³/mol. The van der Waals surface area contributed by atoms with Gasteiger partial charge in [0.15, 0.2) is 5.82 Å². The quantitative estimate of drug-likeness (QED) is 0.803. The van der Waals surface area contributed by atoms with E-state index in [0.29, 0.717) is 27.6 Å². The zero-order valence-electron chi connectivity index (χ0n) is 9.56. The number of halogens is 2. The van der Waals surface area contributed by atoms with Crippen LogP contribution in [0.5, 0.6) is 11.6 Å². The van der Waals surface area contributed by atoms with Crippen molar-refractivity contribution in [2.75, 3.05) is 7.11 Å². The zero-order valence-corrected chi connectivity index (χ0v) is 11.1. The van der Waals surface area contributed by atoms with Gasteiger partial charge in [-0.15, -0.1) is 0 Å². The summed E-state index contributed by atoms with van der Waals surface area (Å²) in [7, 11) is 1.56. The van der Waals surface area contributed by atoms with Gasteiger partial charge in [0.2, 0.25) is 5.88 Å². The van der Waals surface area contributed by atoms with E-state index in [2.05, 4.69) is 9.97 Å². The second-order valence-corrected chi connectivity index (χ2v) is 4.26. The third-order valence-corrected chi connectivity index (χ3v) is 2.44. The van der Waals surface area contributed by atoms with Crippen molar-refractivity contribution >= 4 is 23.2 Å². The number of rotatable bonds is 4. The second-order valence-electron chi connectivity index (χ2n) is 3.44. The summed E-state index contributed by atoms with van der Waals surface area (Å²) in [4.78, 5) is 8.17. The lowest BCUT2D eigenvalue weighted by Crippen LogP contribution is -1.99. The molecule has 18 heavy (non-hydrogen) atoms. The Morgan fingerprint density at radius 2 is 2.00 bits per heavy atom. The minimum absolute atomic E-state index is 0.270. The molecule has 0 aliphatic carbocycles. The molecule has 0 radical (unpaired) electrons. The van der Waals surface area contributed by atoms with Crippen molar-refractivity contribution < 1.29 is 9.47 Å². The molecule has 0 spiro atoms. The number of benzene rings is 1. The van der Waals surface area contributed by atoms with E-state index in [1.165, 1.54) is 6.07 Å². The average molecular weight is 285 g/mol. The fraction of sp³-hybridized carbons (Fsp3) is 0.167. The highest BCUT2D eigenvalue weighted by Gasteiger charge is 2.05. The van der Waals surface area contributed by atoms with Gasteiger partial charge >= 0.3 is 0 Å². The fourth-order valence-corrected chi connectivity index (χ4v) is 1.71. The molecule has 2 aromatic rings. The molecule has 0 unspecified atom stereocenters. The Bertz CT molecular complexity index is 549. The van der Waals surface area contributed by atoms with Gasteiger partial charge in [-0.3, -0.25) is 0 Å². The van der Waals surface area contributed by atoms with E-state index in [4.69, 9.17) is 32.7 Å². The number of methoxy groups -OCH3 is 1. The summed E-state index contributed by atoms with van der Waals surface area (Å²) in [6, 6.07) is 8.54. The van der Waals surface area contributed by atoms with Crippen molar-refractivity contribution in [1.29, 1.82) is 0 Å². The summed E-state index contributed by atoms with van der Waals surface area (Å²) in [6.45, 7) is 0.270. The number of hydrogen-bond donors (Lipinski definition) is 0. The maximum Gasteiger partial charge on any atom is 0.224 e. The molecule has 0 amide bonds. The van der Waals surface area contributed by atoms with Gasteiger partial charge in [0.05, 0.1) is 0 Å². The predicted octanol–water partition coefficient (Wildman–Crippen LogP) is 3.72. The Morgan fingerprint density at radius 3 is 2.72 bits per heavy atom. The molecule has 0 aliphatic heterocycles. The van der Waals surface area contributed by atoms with Gasteiger partial charge < -0.3 is 9.47 Å². The smallest absolute Gasteiger partial charge is 0.224 e. The Hall–Kier alpha value is -1.36. The molecule has 0 fully saturated rings. The van der Waals surface area contributed by atoms with E-state index in [0.717, 1.165) is 0 Å². The van der Waals surface area contributed by atoms with Gasteiger partial charge in [-0.1, -0.05) is 29.3 Å². The highest BCUT2D eigenvalue weighted by atomic mass is 35.5. The monoisotopic (exact) mass is 284 g/mol. The van der Waals surface area contributed by atoms with Crippen LogP contribution >= 0.6 is 23.2 Å². The molecule has 0 saturated heterocycles. The van der Waals surface area contributed by atoms with Gasteiger partial charge in [0.25, 0.3) is 0 Å². The van der Waals surface area contributed by atoms with Gasteiger partial charge in [0, 0.05) is 18.2 Å². The normalized spacial score (nSPS) is 10.4. The lowest BCUT2D eigenvalue weighted by atomic mass is 10.3. The van der Waals surface area contributed by atoms with Crippen molar-refractivity contribution in [2.45, 2.75) is 6.61 Å². The minimum atomic E-state index is 0.270. The van der Waals surface area contributed by atoms with E-state index in [1.807, 2.05) is 0 Å². The zero-order chi connectivity index (χ0) is 13.0. The van der Waals surface area contributed by atoms with E-state index in [1.54, 1.807) is 31.4 Å². The summed E-state index contributed by atoms with van der Waals surface area (Å²) < 4.78 is 10.5. The Labute approximate surface area is 114 Å². The van der Waals surface area contributed by atoms with E-state index < -0.39 is 0 Å². The minimum Gasteiger partial charge on any atom is -0.439 e. The molecule has 1 aromatic heterocycles. The molecule has 0 atom stereocenters. The molecule has 0 N–H and O–H groups in total. The summed E-state index contributed by atoms with van der Waals surface area (Å²) in [5.41, 5.74) is 0. The van der Waals surface area contributed by atoms with E-state index in [-0.39, 0.29) is 6.61 Å². The first-order valence-electron chi connectivity index (χ1n) is 5.13. The first-order valence-corrected chi connectivity index (χ1v) is 5.89. The lowest BCUT2D eigenvalue weighted by Gasteiger charge is -2.06. The first kappa shape index (κ1) is 13.1. The molecule has 0 aliphatic rings. The average Bonchev–Trinajstić information content (AvgIpc) is 2.28. The largest absolute Gasteiger partial charge is 0.439 e. The summed E-state index contributed by atoms with van der Waals surface area (Å²) >= 11 is 11.7. The standard InChI is InChI=1S/C12H10Cl2N2O2/c1-17-7-11-15-10(14)6-12(16-11)18-9-4-2-3-8(13)5-9/h2-6H,7H2,1H3. The molecule has 6 heteroatoms. The Balaban J connectivity index is 2.23. The van der Waals surface area contributed by atoms with Crippen molar-refractivity contribution in [3.05, 3.63) is 46.3 Å². The number of nitrogens with zero attached hydrogens (tertiary/aromatic N) is 2. The summed E-state index contributed by atoms with van der Waals surface area (Å²) in [5, 5.41) is 0.888. The number of hydrogen-bond acceptors (Lipinski definition) is 4. The third kappa shape index (κ3) is 3.57. The maximum atomic E-state index is 5.87. The van der Waals surface area contributed by atoms with Crippen LogP contribution in [0, 0.1) is 0 Å². The molecular formula is C12H10Cl2N2O2. The van der Waals surface area contributed by atoms with Crippen molar-refractivity contribution in [3.8, 4) is 11.6 Å². The van der Waals surface area contributed by atoms with Gasteiger partial charge in [-0.25, -0.2) is 4.98 Å². The van der Waals surface area contributed by atoms with Crippen molar-refractivity contribution in [3.63, 3.8) is 0 Å². The third-order valence-electron chi connectivity index (χ3n) is 2.01. The fourth-order valence-electron chi connectivity index (χ4n) is 1.34. The Morgan fingerprint density at radius 1 is 1.17 bits per heavy atom. The molecular weight excluding hydrogens is 275 g/mol. The van der Waals surface area contributed by atoms with E-state index in [9.17, 15) is 0 Å². The van der Waals surface area contributed by atoms with Gasteiger partial charge in [-0.2, -0.15) is 4.98 Å². The molecule has 2 rings (SSSR count). The van der Waals surface area contributed by atoms with Crippen molar-refractivity contribution in [2.24, 2.45) is 0 Å². The number of ether oxygens (including phenoxy) is 2. The molecule has 1 aromatic carbocycles. The maximum absolute atomic E-state index is 5.87. The first-order chi connectivity index (χ1) is 8.67. The highest BCUT2D eigenvalue weighted by molar-refractivity contribution is 6.30. The van der Waals surface area contributed by atoms with Crippen LogP contribution in [0.1, 0.15) is 5.82 Å². The molecule has 94 valence electrons. The summed E-state index contributed by atoms with van der Waals surface area (Å²) in [6.07, 6.45) is 0. The van der Waals surface area contributed by atoms with Crippen molar-refractivity contribution in [1.82, 2.24) is 9.97 Å². The molecule has 1 heterocycles. The van der Waals surface area contributed by atoms with Crippen LogP contribution < -0.4 is 4.74 Å². The lowest BCUT2D eigenvalue weighted by molar-refractivity contribution is 0.177. The van der Waals surface area contributed by atoms with Gasteiger partial charge in [0.1, 0.15) is 17.5 Å². The van der Waals surface area contributed by atoms with Gasteiger partial charge in [-0.05, 0) is 18.2 Å². The second kappa shape index (κ2) is 6.00. The highest BCUT2D eigenvalue weighted by Crippen LogP contribution is 2.24. The molecule has 0 bridgehead atoms. The van der Waals surface area contributed by atoms with Crippen LogP contribution in [-0.2, 0) is 11.3 Å². The van der Waals surface area contributed by atoms with Crippen LogP contribution in [0.4, 0.5) is 0 Å². The van der Waals surface area contributed by atoms with Crippen LogP contribution in [0.2, 0.25) is 10.2 Å².